The third-order valence-corrected chi connectivity index (χ3v) is 2.54. The zero-order valence-corrected chi connectivity index (χ0v) is 7.47. The topological polar surface area (TPSA) is 38.0 Å². The zero-order chi connectivity index (χ0) is 8.10. The van der Waals surface area contributed by atoms with E-state index >= 15 is 0 Å². The van der Waals surface area contributed by atoms with Crippen LogP contribution in [0, 0.1) is 0 Å². The molecule has 0 aromatic rings. The van der Waals surface area contributed by atoms with E-state index in [9.17, 15) is 0 Å². The summed E-state index contributed by atoms with van der Waals surface area (Å²) in [6.07, 6.45) is 6.52. The Morgan fingerprint density at radius 2 is 2.00 bits per heavy atom. The molecule has 0 amide bonds. The summed E-state index contributed by atoms with van der Waals surface area (Å²) in [5, 5.41) is 3.45. The van der Waals surface area contributed by atoms with Gasteiger partial charge in [-0.1, -0.05) is 26.2 Å². The highest BCUT2D eigenvalue weighted by atomic mass is 14.9. The molecular weight excluding hydrogens is 136 g/mol. The molecule has 0 aromatic heterocycles. The molecule has 0 spiro atoms. The predicted octanol–water partition coefficient (Wildman–Crippen LogP) is 1.26. The van der Waals surface area contributed by atoms with Gasteiger partial charge in [0.2, 0.25) is 0 Å². The molecule has 0 bridgehead atoms. The first-order chi connectivity index (χ1) is 5.34. The minimum absolute atomic E-state index is 0.400. The minimum atomic E-state index is 0.400. The van der Waals surface area contributed by atoms with Crippen LogP contribution in [0.3, 0.4) is 0 Å². The molecule has 2 unspecified atom stereocenters. The van der Waals surface area contributed by atoms with Gasteiger partial charge in [-0.25, -0.2) is 0 Å². The van der Waals surface area contributed by atoms with Gasteiger partial charge in [-0.05, 0) is 19.4 Å². The first-order valence-corrected chi connectivity index (χ1v) is 4.83. The van der Waals surface area contributed by atoms with Gasteiger partial charge >= 0.3 is 0 Å². The molecule has 1 saturated carbocycles. The molecule has 0 aromatic carbocycles. The molecule has 3 N–H and O–H groups in total. The summed E-state index contributed by atoms with van der Waals surface area (Å²) in [6, 6.07) is 0.986. The third kappa shape index (κ3) is 2.80. The molecule has 0 aliphatic heterocycles. The van der Waals surface area contributed by atoms with E-state index in [0.717, 1.165) is 6.54 Å². The third-order valence-electron chi connectivity index (χ3n) is 2.54. The van der Waals surface area contributed by atoms with Gasteiger partial charge in [0.1, 0.15) is 0 Å². The second kappa shape index (κ2) is 4.73. The minimum Gasteiger partial charge on any atom is -0.326 e. The lowest BCUT2D eigenvalue weighted by Crippen LogP contribution is -2.44. The van der Waals surface area contributed by atoms with Gasteiger partial charge in [0.15, 0.2) is 0 Å². The van der Waals surface area contributed by atoms with Crippen molar-refractivity contribution in [1.29, 1.82) is 0 Å². The van der Waals surface area contributed by atoms with Crippen LogP contribution in [0.5, 0.6) is 0 Å². The second-order valence-corrected chi connectivity index (χ2v) is 3.47. The molecule has 66 valence electrons. The number of likely N-dealkylation sites (N-methyl/N-ethyl adjacent to an activating group) is 1. The average Bonchev–Trinajstić information content (AvgIpc) is 2.18. The van der Waals surface area contributed by atoms with Gasteiger partial charge in [-0.3, -0.25) is 0 Å². The lowest BCUT2D eigenvalue weighted by molar-refractivity contribution is 0.418. The van der Waals surface area contributed by atoms with Crippen molar-refractivity contribution in [1.82, 2.24) is 5.32 Å². The zero-order valence-electron chi connectivity index (χ0n) is 7.47. The van der Waals surface area contributed by atoms with E-state index < -0.39 is 0 Å². The second-order valence-electron chi connectivity index (χ2n) is 3.47. The van der Waals surface area contributed by atoms with Crippen LogP contribution in [0.1, 0.15) is 39.0 Å². The summed E-state index contributed by atoms with van der Waals surface area (Å²) >= 11 is 0. The fourth-order valence-electron chi connectivity index (χ4n) is 1.85. The summed E-state index contributed by atoms with van der Waals surface area (Å²) in [5.74, 6) is 0. The Hall–Kier alpha value is -0.0800. The fraction of sp³-hybridized carbons (Fsp3) is 1.00. The van der Waals surface area contributed by atoms with Crippen molar-refractivity contribution in [3.63, 3.8) is 0 Å². The maximum Gasteiger partial charge on any atom is 0.0218 e. The van der Waals surface area contributed by atoms with Crippen LogP contribution in [-0.4, -0.2) is 18.6 Å². The van der Waals surface area contributed by atoms with Crippen molar-refractivity contribution in [2.24, 2.45) is 5.73 Å². The molecule has 2 atom stereocenters. The summed E-state index contributed by atoms with van der Waals surface area (Å²) in [6.45, 7) is 3.20. The number of rotatable bonds is 2. The Morgan fingerprint density at radius 3 is 2.73 bits per heavy atom. The van der Waals surface area contributed by atoms with Crippen molar-refractivity contribution in [3.05, 3.63) is 0 Å². The Bertz CT molecular complexity index is 104. The molecule has 1 aliphatic rings. The molecular formula is C9H20N2. The lowest BCUT2D eigenvalue weighted by atomic mass is 10.0. The summed E-state index contributed by atoms with van der Waals surface area (Å²) in [4.78, 5) is 0. The van der Waals surface area contributed by atoms with Crippen LogP contribution in [0.2, 0.25) is 0 Å². The number of hydrogen-bond donors (Lipinski definition) is 2. The molecule has 1 fully saturated rings. The number of nitrogens with two attached hydrogens (primary N) is 1. The monoisotopic (exact) mass is 156 g/mol. The molecule has 2 nitrogen and oxygen atoms in total. The quantitative estimate of drug-likeness (QED) is 0.591. The van der Waals surface area contributed by atoms with Crippen LogP contribution >= 0.6 is 0 Å². The highest BCUT2D eigenvalue weighted by molar-refractivity contribution is 4.81. The van der Waals surface area contributed by atoms with Crippen molar-refractivity contribution in [2.45, 2.75) is 51.1 Å². The molecule has 1 rings (SSSR count). The van der Waals surface area contributed by atoms with E-state index in [4.69, 9.17) is 5.73 Å². The van der Waals surface area contributed by atoms with E-state index in [1.165, 1.54) is 32.1 Å². The molecule has 0 radical (unpaired) electrons. The maximum absolute atomic E-state index is 6.00. The van der Waals surface area contributed by atoms with E-state index in [1.807, 2.05) is 0 Å². The highest BCUT2D eigenvalue weighted by Crippen LogP contribution is 2.16. The number of nitrogens with one attached hydrogen (secondary N) is 1. The Morgan fingerprint density at radius 1 is 1.27 bits per heavy atom. The average molecular weight is 156 g/mol. The van der Waals surface area contributed by atoms with E-state index in [-0.39, 0.29) is 0 Å². The Kier molecular flexibility index (Phi) is 3.87. The molecule has 11 heavy (non-hydrogen) atoms. The summed E-state index contributed by atoms with van der Waals surface area (Å²) < 4.78 is 0. The van der Waals surface area contributed by atoms with E-state index in [0.29, 0.717) is 12.1 Å². The van der Waals surface area contributed by atoms with Gasteiger partial charge in [0.05, 0.1) is 0 Å². The van der Waals surface area contributed by atoms with Crippen LogP contribution in [0.25, 0.3) is 0 Å². The van der Waals surface area contributed by atoms with Gasteiger partial charge in [-0.15, -0.1) is 0 Å². The molecule has 0 saturated heterocycles. The maximum atomic E-state index is 6.00. The largest absolute Gasteiger partial charge is 0.326 e. The Balaban J connectivity index is 2.32. The fourth-order valence-corrected chi connectivity index (χ4v) is 1.85. The van der Waals surface area contributed by atoms with Crippen molar-refractivity contribution in [2.75, 3.05) is 6.54 Å². The normalized spacial score (nSPS) is 33.3. The van der Waals surface area contributed by atoms with Gasteiger partial charge in [0, 0.05) is 12.1 Å². The van der Waals surface area contributed by atoms with E-state index in [2.05, 4.69) is 12.2 Å². The highest BCUT2D eigenvalue weighted by Gasteiger charge is 2.18. The first kappa shape index (κ1) is 9.01. The SMILES string of the molecule is CCNC1CCCCCC1N. The van der Waals surface area contributed by atoms with Crippen LogP contribution in [-0.2, 0) is 0 Å². The van der Waals surface area contributed by atoms with Crippen molar-refractivity contribution in [3.8, 4) is 0 Å². The van der Waals surface area contributed by atoms with Gasteiger partial charge < -0.3 is 11.1 Å². The smallest absolute Gasteiger partial charge is 0.0218 e. The predicted molar refractivity (Wildman–Crippen MR) is 48.5 cm³/mol. The van der Waals surface area contributed by atoms with Crippen LogP contribution < -0.4 is 11.1 Å². The van der Waals surface area contributed by atoms with Gasteiger partial charge in [-0.2, -0.15) is 0 Å². The molecule has 1 aliphatic carbocycles. The molecule has 0 heterocycles. The lowest BCUT2D eigenvalue weighted by Gasteiger charge is -2.21. The molecule has 2 heteroatoms. The Labute approximate surface area is 69.5 Å². The van der Waals surface area contributed by atoms with Crippen molar-refractivity contribution < 1.29 is 0 Å². The number of hydrogen-bond acceptors (Lipinski definition) is 2. The summed E-state index contributed by atoms with van der Waals surface area (Å²) in [7, 11) is 0. The van der Waals surface area contributed by atoms with Crippen molar-refractivity contribution >= 4 is 0 Å². The van der Waals surface area contributed by atoms with Crippen LogP contribution in [0.15, 0.2) is 0 Å². The van der Waals surface area contributed by atoms with Gasteiger partial charge in [0.25, 0.3) is 0 Å². The summed E-state index contributed by atoms with van der Waals surface area (Å²) in [5.41, 5.74) is 6.00. The van der Waals surface area contributed by atoms with Crippen LogP contribution in [0.4, 0.5) is 0 Å². The standard InChI is InChI=1S/C9H20N2/c1-2-11-9-7-5-3-4-6-8(9)10/h8-9,11H,2-7,10H2,1H3. The first-order valence-electron chi connectivity index (χ1n) is 4.83. The van der Waals surface area contributed by atoms with E-state index in [1.54, 1.807) is 0 Å².